The number of nitrogens with zero attached hydrogens (tertiary/aromatic N) is 3. The molecular weight excluding hydrogens is 324 g/mol. The maximum absolute atomic E-state index is 9.26. The molecule has 0 bridgehead atoms. The van der Waals surface area contributed by atoms with Crippen molar-refractivity contribution in [1.29, 1.82) is 5.26 Å². The van der Waals surface area contributed by atoms with Crippen LogP contribution in [0.5, 0.6) is 5.75 Å². The lowest BCUT2D eigenvalue weighted by Gasteiger charge is -2.14. The Kier molecular flexibility index (Phi) is 3.26. The smallest absolute Gasteiger partial charge is 0.130 e. The summed E-state index contributed by atoms with van der Waals surface area (Å²) >= 11 is 0. The first-order chi connectivity index (χ1) is 12.7. The lowest BCUT2D eigenvalue weighted by atomic mass is 10.1. The first kappa shape index (κ1) is 15.0. The molecule has 1 saturated carbocycles. The Bertz CT molecular complexity index is 1010. The van der Waals surface area contributed by atoms with Crippen molar-refractivity contribution in [2.75, 3.05) is 5.32 Å². The molecule has 1 aliphatic heterocycles. The van der Waals surface area contributed by atoms with Crippen molar-refractivity contribution in [3.63, 3.8) is 0 Å². The van der Waals surface area contributed by atoms with Gasteiger partial charge in [-0.3, -0.25) is 4.68 Å². The van der Waals surface area contributed by atoms with E-state index in [2.05, 4.69) is 35.7 Å². The second-order valence-electron chi connectivity index (χ2n) is 6.97. The van der Waals surface area contributed by atoms with Crippen LogP contribution in [-0.2, 0) is 13.2 Å². The first-order valence-electron chi connectivity index (χ1n) is 8.82. The van der Waals surface area contributed by atoms with Gasteiger partial charge in [0.05, 0.1) is 24.0 Å². The summed E-state index contributed by atoms with van der Waals surface area (Å²) in [5, 5.41) is 17.4. The minimum atomic E-state index is -0.379. The molecule has 0 saturated heterocycles. The van der Waals surface area contributed by atoms with Gasteiger partial charge >= 0.3 is 0 Å². The summed E-state index contributed by atoms with van der Waals surface area (Å²) in [5.41, 5.74) is 4.79. The van der Waals surface area contributed by atoms with E-state index in [-0.39, 0.29) is 5.54 Å². The summed E-state index contributed by atoms with van der Waals surface area (Å²) in [6.07, 6.45) is 1.80. The average Bonchev–Trinajstić information content (AvgIpc) is 3.38. The van der Waals surface area contributed by atoms with Gasteiger partial charge in [-0.15, -0.1) is 0 Å². The van der Waals surface area contributed by atoms with E-state index in [0.717, 1.165) is 46.8 Å². The van der Waals surface area contributed by atoms with Crippen LogP contribution >= 0.6 is 0 Å². The predicted molar refractivity (Wildman–Crippen MR) is 98.7 cm³/mol. The fourth-order valence-corrected chi connectivity index (χ4v) is 3.33. The second-order valence-corrected chi connectivity index (χ2v) is 6.97. The molecule has 2 aliphatic rings. The number of hydrogen-bond acceptors (Lipinski definition) is 4. The number of benzene rings is 2. The molecule has 2 aromatic carbocycles. The molecule has 128 valence electrons. The van der Waals surface area contributed by atoms with Gasteiger partial charge in [0.25, 0.3) is 0 Å². The maximum atomic E-state index is 9.26. The van der Waals surface area contributed by atoms with Crippen LogP contribution in [0, 0.1) is 11.3 Å². The molecule has 0 unspecified atom stereocenters. The first-order valence-corrected chi connectivity index (χ1v) is 8.82. The topological polar surface area (TPSA) is 62.9 Å². The van der Waals surface area contributed by atoms with Gasteiger partial charge in [-0.25, -0.2) is 0 Å². The van der Waals surface area contributed by atoms with Gasteiger partial charge in [-0.2, -0.15) is 10.4 Å². The number of nitrogens with one attached hydrogen (secondary N) is 1. The Labute approximate surface area is 151 Å². The lowest BCUT2D eigenvalue weighted by molar-refractivity contribution is 0.302. The van der Waals surface area contributed by atoms with Gasteiger partial charge in [0.15, 0.2) is 0 Å². The maximum Gasteiger partial charge on any atom is 0.130 e. The van der Waals surface area contributed by atoms with E-state index in [1.54, 1.807) is 0 Å². The van der Waals surface area contributed by atoms with Gasteiger partial charge in [-0.1, -0.05) is 36.4 Å². The van der Waals surface area contributed by atoms with E-state index < -0.39 is 0 Å². The van der Waals surface area contributed by atoms with Crippen LogP contribution in [-0.4, -0.2) is 15.3 Å². The van der Waals surface area contributed by atoms with Crippen LogP contribution in [0.3, 0.4) is 0 Å². The summed E-state index contributed by atoms with van der Waals surface area (Å²) in [4.78, 5) is 0. The molecule has 0 spiro atoms. The number of nitriles is 1. The average molecular weight is 342 g/mol. The highest BCUT2D eigenvalue weighted by molar-refractivity contribution is 5.60. The van der Waals surface area contributed by atoms with Crippen molar-refractivity contribution in [1.82, 2.24) is 9.78 Å². The molecule has 2 heterocycles. The van der Waals surface area contributed by atoms with Gasteiger partial charge < -0.3 is 10.1 Å². The monoisotopic (exact) mass is 342 g/mol. The van der Waals surface area contributed by atoms with Crippen LogP contribution < -0.4 is 10.1 Å². The lowest BCUT2D eigenvalue weighted by Crippen LogP contribution is -2.18. The fourth-order valence-electron chi connectivity index (χ4n) is 3.33. The summed E-state index contributed by atoms with van der Waals surface area (Å²) < 4.78 is 8.06. The number of rotatable bonds is 3. The van der Waals surface area contributed by atoms with Crippen molar-refractivity contribution < 1.29 is 4.74 Å². The SMILES string of the molecule is N#CC1(Nc2ccc3c(c2)OCc2cc(-c4ccccc4)nn2C3)CC1. The number of fused-ring (bicyclic) bond motifs is 2. The van der Waals surface area contributed by atoms with Crippen molar-refractivity contribution in [3.05, 3.63) is 65.9 Å². The Morgan fingerprint density at radius 3 is 2.73 bits per heavy atom. The highest BCUT2D eigenvalue weighted by Gasteiger charge is 2.43. The van der Waals surface area contributed by atoms with E-state index in [1.807, 2.05) is 35.0 Å². The molecule has 5 heteroatoms. The summed E-state index contributed by atoms with van der Waals surface area (Å²) in [6, 6.07) is 20.7. The molecule has 1 fully saturated rings. The molecule has 26 heavy (non-hydrogen) atoms. The van der Waals surface area contributed by atoms with Gasteiger partial charge in [0, 0.05) is 22.9 Å². The van der Waals surface area contributed by atoms with Crippen LogP contribution in [0.15, 0.2) is 54.6 Å². The highest BCUT2D eigenvalue weighted by Crippen LogP contribution is 2.39. The Morgan fingerprint density at radius 2 is 1.96 bits per heavy atom. The summed E-state index contributed by atoms with van der Waals surface area (Å²) in [5.74, 6) is 0.857. The van der Waals surface area contributed by atoms with Gasteiger partial charge in [0.1, 0.15) is 17.9 Å². The Hall–Kier alpha value is -3.26. The van der Waals surface area contributed by atoms with Crippen LogP contribution in [0.1, 0.15) is 24.1 Å². The number of anilines is 1. The van der Waals surface area contributed by atoms with E-state index >= 15 is 0 Å². The van der Waals surface area contributed by atoms with Crippen LogP contribution in [0.2, 0.25) is 0 Å². The van der Waals surface area contributed by atoms with E-state index in [0.29, 0.717) is 13.2 Å². The zero-order valence-corrected chi connectivity index (χ0v) is 14.3. The number of aromatic nitrogens is 2. The zero-order valence-electron chi connectivity index (χ0n) is 14.3. The highest BCUT2D eigenvalue weighted by atomic mass is 16.5. The molecule has 5 rings (SSSR count). The Balaban J connectivity index is 1.42. The van der Waals surface area contributed by atoms with Gasteiger partial charge in [0.2, 0.25) is 0 Å². The fraction of sp³-hybridized carbons (Fsp3) is 0.238. The molecule has 0 atom stereocenters. The van der Waals surface area contributed by atoms with E-state index in [4.69, 9.17) is 9.84 Å². The van der Waals surface area contributed by atoms with Gasteiger partial charge in [-0.05, 0) is 25.0 Å². The quantitative estimate of drug-likeness (QED) is 0.782. The number of hydrogen-bond donors (Lipinski definition) is 1. The minimum absolute atomic E-state index is 0.379. The largest absolute Gasteiger partial charge is 0.487 e. The van der Waals surface area contributed by atoms with E-state index in [1.165, 1.54) is 0 Å². The molecular formula is C21H18N4O. The predicted octanol–water partition coefficient (Wildman–Crippen LogP) is 3.96. The van der Waals surface area contributed by atoms with Crippen LogP contribution in [0.25, 0.3) is 11.3 Å². The molecule has 3 aromatic rings. The third kappa shape index (κ3) is 2.60. The van der Waals surface area contributed by atoms with Crippen molar-refractivity contribution in [2.45, 2.75) is 31.5 Å². The molecule has 1 N–H and O–H groups in total. The van der Waals surface area contributed by atoms with Crippen LogP contribution in [0.4, 0.5) is 5.69 Å². The molecule has 0 amide bonds. The van der Waals surface area contributed by atoms with Crippen molar-refractivity contribution in [3.8, 4) is 23.1 Å². The standard InChI is InChI=1S/C21H18N4O/c22-14-21(8-9-21)23-17-7-6-16-12-25-18(13-26-20(16)10-17)11-19(24-25)15-4-2-1-3-5-15/h1-7,10-11,23H,8-9,12-13H2. The Morgan fingerprint density at radius 1 is 1.12 bits per heavy atom. The van der Waals surface area contributed by atoms with E-state index in [9.17, 15) is 5.26 Å². The molecule has 5 nitrogen and oxygen atoms in total. The minimum Gasteiger partial charge on any atom is -0.487 e. The molecule has 0 radical (unpaired) electrons. The molecule has 1 aromatic heterocycles. The third-order valence-corrected chi connectivity index (χ3v) is 5.04. The number of ether oxygens (including phenoxy) is 1. The third-order valence-electron chi connectivity index (χ3n) is 5.04. The normalized spacial score (nSPS) is 16.4. The second kappa shape index (κ2) is 5.63. The zero-order chi connectivity index (χ0) is 17.6. The van der Waals surface area contributed by atoms with Crippen molar-refractivity contribution in [2.24, 2.45) is 0 Å². The summed E-state index contributed by atoms with van der Waals surface area (Å²) in [7, 11) is 0. The molecule has 1 aliphatic carbocycles. The summed E-state index contributed by atoms with van der Waals surface area (Å²) in [6.45, 7) is 1.17. The van der Waals surface area contributed by atoms with Crippen molar-refractivity contribution >= 4 is 5.69 Å².